The predicted octanol–water partition coefficient (Wildman–Crippen LogP) is 2.99. The van der Waals surface area contributed by atoms with Crippen LogP contribution in [0.3, 0.4) is 0 Å². The standard InChI is InChI=1S/C20H31FN4O/c1-22-20(23-14-15-7-8-19(26)18(21)13-15)24-16-9-11-25(12-10-16)17-5-3-2-4-6-17/h7-8,13,16-17,26H,2-6,9-12,14H2,1H3,(H2,22,23,24). The van der Waals surface area contributed by atoms with Gasteiger partial charge in [0.1, 0.15) is 0 Å². The minimum absolute atomic E-state index is 0.319. The van der Waals surface area contributed by atoms with Gasteiger partial charge in [-0.25, -0.2) is 4.39 Å². The van der Waals surface area contributed by atoms with Gasteiger partial charge >= 0.3 is 0 Å². The normalized spacial score (nSPS) is 20.9. The number of halogens is 1. The molecule has 1 saturated carbocycles. The van der Waals surface area contributed by atoms with Crippen LogP contribution in [0.2, 0.25) is 0 Å². The summed E-state index contributed by atoms with van der Waals surface area (Å²) < 4.78 is 13.4. The molecule has 0 bridgehead atoms. The first-order valence-electron chi connectivity index (χ1n) is 9.84. The lowest BCUT2D eigenvalue weighted by molar-refractivity contribution is 0.119. The molecule has 144 valence electrons. The molecule has 1 aromatic carbocycles. The maximum atomic E-state index is 13.4. The van der Waals surface area contributed by atoms with E-state index in [4.69, 9.17) is 0 Å². The highest BCUT2D eigenvalue weighted by Gasteiger charge is 2.26. The number of aliphatic imine (C=N–C) groups is 1. The third-order valence-corrected chi connectivity index (χ3v) is 5.66. The zero-order valence-electron chi connectivity index (χ0n) is 15.7. The van der Waals surface area contributed by atoms with Crippen molar-refractivity contribution >= 4 is 5.96 Å². The largest absolute Gasteiger partial charge is 0.505 e. The molecule has 6 heteroatoms. The molecule has 2 aliphatic rings. The Labute approximate surface area is 155 Å². The second-order valence-corrected chi connectivity index (χ2v) is 7.46. The third kappa shape index (κ3) is 5.10. The lowest BCUT2D eigenvalue weighted by Gasteiger charge is -2.39. The van der Waals surface area contributed by atoms with Crippen LogP contribution in [0, 0.1) is 5.82 Å². The van der Waals surface area contributed by atoms with E-state index < -0.39 is 5.82 Å². The zero-order chi connectivity index (χ0) is 18.4. The quantitative estimate of drug-likeness (QED) is 0.569. The van der Waals surface area contributed by atoms with E-state index in [2.05, 4.69) is 20.5 Å². The molecule has 1 heterocycles. The number of hydrogen-bond donors (Lipinski definition) is 3. The van der Waals surface area contributed by atoms with Gasteiger partial charge < -0.3 is 20.6 Å². The number of benzene rings is 1. The number of guanidine groups is 1. The number of rotatable bonds is 4. The average molecular weight is 362 g/mol. The highest BCUT2D eigenvalue weighted by Crippen LogP contribution is 2.25. The van der Waals surface area contributed by atoms with Crippen LogP contribution in [-0.2, 0) is 6.54 Å². The van der Waals surface area contributed by atoms with E-state index >= 15 is 0 Å². The SMILES string of the molecule is CN=C(NCc1ccc(O)c(F)c1)NC1CCN(C2CCCCC2)CC1. The van der Waals surface area contributed by atoms with E-state index in [0.29, 0.717) is 12.6 Å². The summed E-state index contributed by atoms with van der Waals surface area (Å²) in [5, 5.41) is 16.0. The van der Waals surface area contributed by atoms with Crippen molar-refractivity contribution in [1.82, 2.24) is 15.5 Å². The molecule has 0 amide bonds. The van der Waals surface area contributed by atoms with Crippen molar-refractivity contribution in [2.45, 2.75) is 63.6 Å². The van der Waals surface area contributed by atoms with Gasteiger partial charge in [-0.1, -0.05) is 25.3 Å². The molecule has 3 N–H and O–H groups in total. The van der Waals surface area contributed by atoms with Crippen molar-refractivity contribution < 1.29 is 9.50 Å². The number of aromatic hydroxyl groups is 1. The van der Waals surface area contributed by atoms with E-state index in [9.17, 15) is 9.50 Å². The van der Waals surface area contributed by atoms with Gasteiger partial charge in [0.25, 0.3) is 0 Å². The summed E-state index contributed by atoms with van der Waals surface area (Å²) in [6, 6.07) is 5.66. The maximum Gasteiger partial charge on any atom is 0.191 e. The summed E-state index contributed by atoms with van der Waals surface area (Å²) >= 11 is 0. The summed E-state index contributed by atoms with van der Waals surface area (Å²) in [5.74, 6) is -0.169. The maximum absolute atomic E-state index is 13.4. The molecule has 5 nitrogen and oxygen atoms in total. The van der Waals surface area contributed by atoms with Gasteiger partial charge in [-0.05, 0) is 43.4 Å². The molecule has 1 saturated heterocycles. The van der Waals surface area contributed by atoms with Gasteiger partial charge in [-0.3, -0.25) is 4.99 Å². The van der Waals surface area contributed by atoms with E-state index in [0.717, 1.165) is 43.5 Å². The summed E-state index contributed by atoms with van der Waals surface area (Å²) in [6.45, 7) is 2.78. The minimum atomic E-state index is -0.595. The number of phenolic OH excluding ortho intramolecular Hbond substituents is 1. The number of hydrogen-bond acceptors (Lipinski definition) is 3. The number of piperidine rings is 1. The molecule has 1 aliphatic carbocycles. The van der Waals surface area contributed by atoms with Gasteiger partial charge in [0, 0.05) is 38.8 Å². The molecular weight excluding hydrogens is 331 g/mol. The topological polar surface area (TPSA) is 59.9 Å². The Morgan fingerprint density at radius 3 is 2.58 bits per heavy atom. The second-order valence-electron chi connectivity index (χ2n) is 7.46. The van der Waals surface area contributed by atoms with Crippen LogP contribution in [0.4, 0.5) is 4.39 Å². The molecule has 0 unspecified atom stereocenters. The minimum Gasteiger partial charge on any atom is -0.505 e. The fourth-order valence-electron chi connectivity index (χ4n) is 4.09. The second kappa shape index (κ2) is 9.21. The van der Waals surface area contributed by atoms with Crippen molar-refractivity contribution in [3.63, 3.8) is 0 Å². The van der Waals surface area contributed by atoms with Crippen LogP contribution >= 0.6 is 0 Å². The third-order valence-electron chi connectivity index (χ3n) is 5.66. The van der Waals surface area contributed by atoms with E-state index in [-0.39, 0.29) is 5.75 Å². The van der Waals surface area contributed by atoms with Crippen LogP contribution < -0.4 is 10.6 Å². The zero-order valence-corrected chi connectivity index (χ0v) is 15.7. The van der Waals surface area contributed by atoms with Crippen molar-refractivity contribution in [3.8, 4) is 5.75 Å². The number of phenols is 1. The number of likely N-dealkylation sites (tertiary alicyclic amines) is 1. The molecule has 0 atom stereocenters. The molecule has 1 aliphatic heterocycles. The fraction of sp³-hybridized carbons (Fsp3) is 0.650. The lowest BCUT2D eigenvalue weighted by Crippen LogP contribution is -2.50. The Morgan fingerprint density at radius 1 is 1.19 bits per heavy atom. The molecule has 2 fully saturated rings. The number of nitrogens with one attached hydrogen (secondary N) is 2. The summed E-state index contributed by atoms with van der Waals surface area (Å²) in [7, 11) is 1.75. The fourth-order valence-corrected chi connectivity index (χ4v) is 4.09. The Morgan fingerprint density at radius 2 is 1.92 bits per heavy atom. The average Bonchev–Trinajstić information content (AvgIpc) is 2.69. The molecule has 0 spiro atoms. The molecule has 3 rings (SSSR count). The van der Waals surface area contributed by atoms with Crippen LogP contribution in [0.15, 0.2) is 23.2 Å². The Hall–Kier alpha value is -1.82. The molecular formula is C20H31FN4O. The van der Waals surface area contributed by atoms with Gasteiger partial charge in [-0.2, -0.15) is 0 Å². The molecule has 1 aromatic rings. The van der Waals surface area contributed by atoms with Gasteiger partial charge in [0.15, 0.2) is 17.5 Å². The van der Waals surface area contributed by atoms with Gasteiger partial charge in [0.2, 0.25) is 0 Å². The van der Waals surface area contributed by atoms with Crippen molar-refractivity contribution in [2.75, 3.05) is 20.1 Å². The first-order valence-corrected chi connectivity index (χ1v) is 9.84. The Balaban J connectivity index is 1.43. The van der Waals surface area contributed by atoms with Crippen LogP contribution in [0.5, 0.6) is 5.75 Å². The first kappa shape index (κ1) is 19.0. The van der Waals surface area contributed by atoms with Crippen LogP contribution in [0.1, 0.15) is 50.5 Å². The summed E-state index contributed by atoms with van der Waals surface area (Å²) in [4.78, 5) is 6.96. The number of nitrogens with zero attached hydrogens (tertiary/aromatic N) is 2. The summed E-state index contributed by atoms with van der Waals surface area (Å²) in [6.07, 6.45) is 9.17. The van der Waals surface area contributed by atoms with Gasteiger partial charge in [0.05, 0.1) is 0 Å². The highest BCUT2D eigenvalue weighted by molar-refractivity contribution is 5.79. The van der Waals surface area contributed by atoms with Crippen molar-refractivity contribution in [3.05, 3.63) is 29.6 Å². The predicted molar refractivity (Wildman–Crippen MR) is 103 cm³/mol. The molecule has 0 aromatic heterocycles. The van der Waals surface area contributed by atoms with E-state index in [1.165, 1.54) is 44.2 Å². The van der Waals surface area contributed by atoms with Crippen molar-refractivity contribution in [1.29, 1.82) is 0 Å². The molecule has 26 heavy (non-hydrogen) atoms. The van der Waals surface area contributed by atoms with Crippen LogP contribution in [-0.4, -0.2) is 48.2 Å². The highest BCUT2D eigenvalue weighted by atomic mass is 19.1. The molecule has 0 radical (unpaired) electrons. The monoisotopic (exact) mass is 362 g/mol. The Bertz CT molecular complexity index is 608. The van der Waals surface area contributed by atoms with Crippen molar-refractivity contribution in [2.24, 2.45) is 4.99 Å². The Kier molecular flexibility index (Phi) is 6.72. The van der Waals surface area contributed by atoms with Gasteiger partial charge in [-0.15, -0.1) is 0 Å². The van der Waals surface area contributed by atoms with E-state index in [1.54, 1.807) is 13.1 Å². The van der Waals surface area contributed by atoms with E-state index in [1.807, 2.05) is 0 Å². The summed E-state index contributed by atoms with van der Waals surface area (Å²) in [5.41, 5.74) is 0.773. The first-order chi connectivity index (χ1) is 12.7. The van der Waals surface area contributed by atoms with Crippen LogP contribution in [0.25, 0.3) is 0 Å². The smallest absolute Gasteiger partial charge is 0.191 e. The lowest BCUT2D eigenvalue weighted by atomic mass is 9.92.